The molecule has 2 aromatic carbocycles. The lowest BCUT2D eigenvalue weighted by molar-refractivity contribution is 0.0946. The topological polar surface area (TPSA) is 88.6 Å². The van der Waals surface area contributed by atoms with Gasteiger partial charge in [-0.2, -0.15) is 4.68 Å². The van der Waals surface area contributed by atoms with Gasteiger partial charge in [0, 0.05) is 17.2 Å². The molecule has 0 aliphatic rings. The molecule has 2 N–H and O–H groups in total. The van der Waals surface area contributed by atoms with Crippen molar-refractivity contribution >= 4 is 11.7 Å². The zero-order valence-electron chi connectivity index (χ0n) is 15.6. The predicted molar refractivity (Wildman–Crippen MR) is 103 cm³/mol. The molecule has 0 fully saturated rings. The summed E-state index contributed by atoms with van der Waals surface area (Å²) in [6, 6.07) is 12.6. The molecule has 0 bridgehead atoms. The van der Waals surface area contributed by atoms with Crippen LogP contribution in [-0.4, -0.2) is 37.0 Å². The number of hydrogen-bond donors (Lipinski definition) is 1. The summed E-state index contributed by atoms with van der Waals surface area (Å²) in [5, 5.41) is 4.17. The molecule has 0 spiro atoms. The van der Waals surface area contributed by atoms with Crippen LogP contribution in [0.5, 0.6) is 17.2 Å². The number of ether oxygens (including phenoxy) is 3. The van der Waals surface area contributed by atoms with Crippen LogP contribution in [0.3, 0.4) is 0 Å². The number of rotatable bonds is 5. The molecule has 0 atom stereocenters. The summed E-state index contributed by atoms with van der Waals surface area (Å²) in [6.45, 7) is 2.00. The van der Waals surface area contributed by atoms with Crippen LogP contribution in [0.1, 0.15) is 15.9 Å². The van der Waals surface area contributed by atoms with Gasteiger partial charge in [-0.25, -0.2) is 0 Å². The Morgan fingerprint density at radius 1 is 0.963 bits per heavy atom. The van der Waals surface area contributed by atoms with Gasteiger partial charge in [0.05, 0.1) is 27.0 Å². The number of nitrogens with two attached hydrogens (primary N) is 1. The predicted octanol–water partition coefficient (Wildman–Crippen LogP) is 3.16. The Kier molecular flexibility index (Phi) is 5.03. The van der Waals surface area contributed by atoms with Crippen LogP contribution >= 0.6 is 0 Å². The molecule has 0 unspecified atom stereocenters. The van der Waals surface area contributed by atoms with E-state index in [4.69, 9.17) is 19.9 Å². The number of aromatic nitrogens is 2. The maximum Gasteiger partial charge on any atom is 0.279 e. The largest absolute Gasteiger partial charge is 0.493 e. The summed E-state index contributed by atoms with van der Waals surface area (Å²) in [7, 11) is 4.50. The van der Waals surface area contributed by atoms with Crippen molar-refractivity contribution in [1.82, 2.24) is 9.78 Å². The van der Waals surface area contributed by atoms with Crippen molar-refractivity contribution in [2.24, 2.45) is 0 Å². The molecular formula is C20H21N3O4. The summed E-state index contributed by atoms with van der Waals surface area (Å²) in [4.78, 5) is 13.1. The number of nitrogens with zero attached hydrogens (tertiary/aromatic N) is 2. The molecule has 140 valence electrons. The van der Waals surface area contributed by atoms with Crippen molar-refractivity contribution < 1.29 is 19.0 Å². The third-order valence-corrected chi connectivity index (χ3v) is 4.18. The lowest BCUT2D eigenvalue weighted by Gasteiger charge is -2.14. The summed E-state index contributed by atoms with van der Waals surface area (Å²) in [6.07, 6.45) is 0. The molecule has 7 heteroatoms. The van der Waals surface area contributed by atoms with E-state index in [0.29, 0.717) is 28.5 Å². The molecule has 0 radical (unpaired) electrons. The Balaban J connectivity index is 2.11. The van der Waals surface area contributed by atoms with E-state index < -0.39 is 0 Å². The van der Waals surface area contributed by atoms with Crippen LogP contribution in [-0.2, 0) is 0 Å². The number of carbonyl (C=O) groups excluding carboxylic acids is 1. The highest BCUT2D eigenvalue weighted by Gasteiger charge is 2.21. The molecular weight excluding hydrogens is 346 g/mol. The second-order valence-electron chi connectivity index (χ2n) is 5.95. The van der Waals surface area contributed by atoms with Crippen LogP contribution in [0.25, 0.3) is 11.3 Å². The quantitative estimate of drug-likeness (QED) is 0.745. The molecule has 1 heterocycles. The van der Waals surface area contributed by atoms with Gasteiger partial charge >= 0.3 is 0 Å². The second kappa shape index (κ2) is 7.41. The second-order valence-corrected chi connectivity index (χ2v) is 5.95. The Hall–Kier alpha value is -3.48. The molecule has 3 rings (SSSR count). The van der Waals surface area contributed by atoms with Crippen LogP contribution in [0, 0.1) is 6.92 Å². The van der Waals surface area contributed by atoms with E-state index in [9.17, 15) is 4.79 Å². The van der Waals surface area contributed by atoms with Crippen LogP contribution in [0.4, 0.5) is 5.82 Å². The molecule has 0 aliphatic heterocycles. The Morgan fingerprint density at radius 2 is 1.56 bits per heavy atom. The number of methoxy groups -OCH3 is 3. The first kappa shape index (κ1) is 18.3. The average Bonchev–Trinajstić information content (AvgIpc) is 3.08. The van der Waals surface area contributed by atoms with Crippen molar-refractivity contribution in [3.05, 3.63) is 53.6 Å². The minimum Gasteiger partial charge on any atom is -0.493 e. The van der Waals surface area contributed by atoms with E-state index in [-0.39, 0.29) is 11.7 Å². The van der Waals surface area contributed by atoms with Gasteiger partial charge in [-0.05, 0) is 19.1 Å². The van der Waals surface area contributed by atoms with Gasteiger partial charge in [0.15, 0.2) is 11.5 Å². The van der Waals surface area contributed by atoms with Crippen molar-refractivity contribution in [3.63, 3.8) is 0 Å². The molecule has 0 aliphatic carbocycles. The highest BCUT2D eigenvalue weighted by Crippen LogP contribution is 2.38. The Labute approximate surface area is 157 Å². The van der Waals surface area contributed by atoms with Gasteiger partial charge in [0.1, 0.15) is 5.82 Å². The van der Waals surface area contributed by atoms with Crippen molar-refractivity contribution in [2.45, 2.75) is 6.92 Å². The summed E-state index contributed by atoms with van der Waals surface area (Å²) >= 11 is 0. The van der Waals surface area contributed by atoms with Gasteiger partial charge in [0.2, 0.25) is 5.75 Å². The summed E-state index contributed by atoms with van der Waals surface area (Å²) < 4.78 is 17.2. The van der Waals surface area contributed by atoms with Gasteiger partial charge in [-0.3, -0.25) is 4.79 Å². The zero-order chi connectivity index (χ0) is 19.6. The summed E-state index contributed by atoms with van der Waals surface area (Å²) in [5.74, 6) is 1.08. The van der Waals surface area contributed by atoms with Crippen molar-refractivity contribution in [1.29, 1.82) is 0 Å². The monoisotopic (exact) mass is 367 g/mol. The molecule has 0 saturated heterocycles. The van der Waals surface area contributed by atoms with E-state index in [1.54, 1.807) is 18.2 Å². The fraction of sp³-hybridized carbons (Fsp3) is 0.200. The van der Waals surface area contributed by atoms with E-state index >= 15 is 0 Å². The van der Waals surface area contributed by atoms with Crippen LogP contribution in [0.2, 0.25) is 0 Å². The molecule has 27 heavy (non-hydrogen) atoms. The minimum absolute atomic E-state index is 0.256. The van der Waals surface area contributed by atoms with Gasteiger partial charge in [0.25, 0.3) is 5.91 Å². The van der Waals surface area contributed by atoms with Gasteiger partial charge in [-0.15, -0.1) is 5.10 Å². The normalized spacial score (nSPS) is 10.5. The number of hydrogen-bond acceptors (Lipinski definition) is 6. The van der Waals surface area contributed by atoms with Crippen LogP contribution in [0.15, 0.2) is 42.5 Å². The number of aryl methyl sites for hydroxylation is 1. The Morgan fingerprint density at radius 3 is 2.07 bits per heavy atom. The number of benzene rings is 2. The molecule has 7 nitrogen and oxygen atoms in total. The molecule has 3 aromatic rings. The highest BCUT2D eigenvalue weighted by atomic mass is 16.5. The first-order chi connectivity index (χ1) is 13.0. The lowest BCUT2D eigenvalue weighted by Crippen LogP contribution is -2.15. The van der Waals surface area contributed by atoms with E-state index in [1.807, 2.05) is 31.2 Å². The molecule has 0 saturated carbocycles. The number of anilines is 1. The molecule has 0 amide bonds. The maximum absolute atomic E-state index is 13.1. The van der Waals surface area contributed by atoms with E-state index in [0.717, 1.165) is 11.1 Å². The fourth-order valence-corrected chi connectivity index (χ4v) is 2.81. The highest BCUT2D eigenvalue weighted by molar-refractivity contribution is 5.99. The maximum atomic E-state index is 13.1. The van der Waals surface area contributed by atoms with Gasteiger partial charge < -0.3 is 19.9 Å². The van der Waals surface area contributed by atoms with Crippen molar-refractivity contribution in [3.8, 4) is 28.5 Å². The average molecular weight is 367 g/mol. The SMILES string of the molecule is COc1cc(C(=O)n2nc(N)cc2-c2ccc(C)cc2)cc(OC)c1OC. The first-order valence-corrected chi connectivity index (χ1v) is 8.25. The number of carbonyl (C=O) groups is 1. The standard InChI is InChI=1S/C20H21N3O4/c1-12-5-7-13(8-6-12)15-11-18(21)22-23(15)20(24)14-9-16(25-2)19(27-4)17(10-14)26-3/h5-11H,1-4H3,(H2,21,22). The van der Waals surface area contributed by atoms with Crippen LogP contribution < -0.4 is 19.9 Å². The van der Waals surface area contributed by atoms with Crippen molar-refractivity contribution in [2.75, 3.05) is 27.1 Å². The van der Waals surface area contributed by atoms with E-state index in [2.05, 4.69) is 5.10 Å². The Bertz CT molecular complexity index is 952. The first-order valence-electron chi connectivity index (χ1n) is 8.25. The minimum atomic E-state index is -0.360. The number of nitrogen functional groups attached to an aromatic ring is 1. The lowest BCUT2D eigenvalue weighted by atomic mass is 10.1. The summed E-state index contributed by atoms with van der Waals surface area (Å²) in [5.41, 5.74) is 8.76. The fourth-order valence-electron chi connectivity index (χ4n) is 2.81. The third kappa shape index (κ3) is 3.44. The smallest absolute Gasteiger partial charge is 0.279 e. The van der Waals surface area contributed by atoms with Gasteiger partial charge in [-0.1, -0.05) is 29.8 Å². The zero-order valence-corrected chi connectivity index (χ0v) is 15.6. The molecule has 1 aromatic heterocycles. The van der Waals surface area contributed by atoms with E-state index in [1.165, 1.54) is 26.0 Å². The third-order valence-electron chi connectivity index (χ3n) is 4.18.